The maximum atomic E-state index is 5.96. The first-order valence-corrected chi connectivity index (χ1v) is 7.61. The second-order valence-corrected chi connectivity index (χ2v) is 5.73. The van der Waals surface area contributed by atoms with Gasteiger partial charge in [0, 0.05) is 11.6 Å². The fraction of sp³-hybridized carbons (Fsp3) is 0.133. The van der Waals surface area contributed by atoms with Crippen LogP contribution in [0, 0.1) is 0 Å². The lowest BCUT2D eigenvalue weighted by Crippen LogP contribution is -2.10. The van der Waals surface area contributed by atoms with Crippen molar-refractivity contribution in [2.75, 3.05) is 13.2 Å². The van der Waals surface area contributed by atoms with Gasteiger partial charge in [0.15, 0.2) is 0 Å². The molecule has 2 aromatic carbocycles. The van der Waals surface area contributed by atoms with Gasteiger partial charge in [-0.1, -0.05) is 22.9 Å². The van der Waals surface area contributed by atoms with Gasteiger partial charge >= 0.3 is 0 Å². The van der Waals surface area contributed by atoms with E-state index in [-0.39, 0.29) is 0 Å². The maximum absolute atomic E-state index is 5.96. The molecule has 0 aliphatic carbocycles. The van der Waals surface area contributed by atoms with Crippen molar-refractivity contribution in [3.05, 3.63) is 47.5 Å². The van der Waals surface area contributed by atoms with Crippen LogP contribution >= 0.6 is 22.9 Å². The smallest absolute Gasteiger partial charge is 0.279 e. The molecular formula is C15H13ClN2O2S. The summed E-state index contributed by atoms with van der Waals surface area (Å²) in [5.41, 5.74) is 6.27. The van der Waals surface area contributed by atoms with E-state index >= 15 is 0 Å². The quantitative estimate of drug-likeness (QED) is 0.769. The Hall–Kier alpha value is -1.82. The van der Waals surface area contributed by atoms with Gasteiger partial charge in [0.25, 0.3) is 5.19 Å². The number of rotatable bonds is 5. The van der Waals surface area contributed by atoms with Crippen molar-refractivity contribution in [2.24, 2.45) is 5.73 Å². The van der Waals surface area contributed by atoms with Gasteiger partial charge in [-0.15, -0.1) is 0 Å². The van der Waals surface area contributed by atoms with E-state index < -0.39 is 0 Å². The minimum Gasteiger partial charge on any atom is -0.492 e. The van der Waals surface area contributed by atoms with Gasteiger partial charge in [-0.3, -0.25) is 0 Å². The predicted octanol–water partition coefficient (Wildman–Crippen LogP) is 4.08. The zero-order valence-corrected chi connectivity index (χ0v) is 12.7. The first kappa shape index (κ1) is 14.1. The first-order valence-electron chi connectivity index (χ1n) is 6.41. The average molecular weight is 321 g/mol. The summed E-state index contributed by atoms with van der Waals surface area (Å²) in [6.07, 6.45) is 0. The molecule has 21 heavy (non-hydrogen) atoms. The molecule has 3 rings (SSSR count). The number of halogens is 1. The Morgan fingerprint density at radius 3 is 2.62 bits per heavy atom. The number of fused-ring (bicyclic) bond motifs is 1. The van der Waals surface area contributed by atoms with Crippen LogP contribution in [0.2, 0.25) is 5.02 Å². The van der Waals surface area contributed by atoms with Crippen molar-refractivity contribution in [1.29, 1.82) is 0 Å². The van der Waals surface area contributed by atoms with Crippen LogP contribution in [0.5, 0.6) is 16.7 Å². The van der Waals surface area contributed by atoms with Crippen molar-refractivity contribution in [3.8, 4) is 16.7 Å². The number of ether oxygens (including phenoxy) is 2. The fourth-order valence-corrected chi connectivity index (χ4v) is 2.91. The molecule has 0 bridgehead atoms. The average Bonchev–Trinajstić information content (AvgIpc) is 2.88. The summed E-state index contributed by atoms with van der Waals surface area (Å²) in [6.45, 7) is 0.991. The van der Waals surface area contributed by atoms with Crippen LogP contribution < -0.4 is 15.2 Å². The van der Waals surface area contributed by atoms with E-state index in [1.165, 1.54) is 11.3 Å². The molecule has 1 aromatic heterocycles. The molecule has 0 aliphatic rings. The monoisotopic (exact) mass is 320 g/mol. The molecule has 108 valence electrons. The lowest BCUT2D eigenvalue weighted by molar-refractivity contribution is 0.328. The topological polar surface area (TPSA) is 57.4 Å². The number of nitrogens with two attached hydrogens (primary N) is 1. The maximum Gasteiger partial charge on any atom is 0.279 e. The summed E-state index contributed by atoms with van der Waals surface area (Å²) in [4.78, 5) is 4.41. The number of thiazole rings is 1. The third-order valence-corrected chi connectivity index (χ3v) is 3.88. The van der Waals surface area contributed by atoms with E-state index in [2.05, 4.69) is 4.98 Å². The molecule has 0 saturated heterocycles. The highest BCUT2D eigenvalue weighted by Crippen LogP contribution is 2.33. The summed E-state index contributed by atoms with van der Waals surface area (Å²) in [6, 6.07) is 12.9. The molecule has 0 radical (unpaired) electrons. The molecule has 0 saturated carbocycles. The van der Waals surface area contributed by atoms with Crippen molar-refractivity contribution < 1.29 is 9.47 Å². The van der Waals surface area contributed by atoms with Crippen LogP contribution in [0.1, 0.15) is 0 Å². The number of hydrogen-bond acceptors (Lipinski definition) is 5. The molecule has 1 heterocycles. The minimum atomic E-state index is 0.493. The van der Waals surface area contributed by atoms with E-state index in [0.29, 0.717) is 29.1 Å². The van der Waals surface area contributed by atoms with Crippen LogP contribution in [0.15, 0.2) is 42.5 Å². The van der Waals surface area contributed by atoms with Gasteiger partial charge < -0.3 is 15.2 Å². The molecule has 0 aliphatic heterocycles. The Balaban J connectivity index is 1.75. The number of nitrogens with zero attached hydrogens (tertiary/aromatic N) is 1. The van der Waals surface area contributed by atoms with Gasteiger partial charge in [-0.05, 0) is 42.5 Å². The van der Waals surface area contributed by atoms with Crippen LogP contribution in [-0.2, 0) is 0 Å². The summed E-state index contributed by atoms with van der Waals surface area (Å²) >= 11 is 7.42. The zero-order valence-electron chi connectivity index (χ0n) is 11.1. The van der Waals surface area contributed by atoms with Gasteiger partial charge in [0.2, 0.25) is 0 Å². The predicted molar refractivity (Wildman–Crippen MR) is 85.7 cm³/mol. The first-order chi connectivity index (χ1) is 10.2. The zero-order chi connectivity index (χ0) is 14.7. The lowest BCUT2D eigenvalue weighted by Gasteiger charge is -2.05. The van der Waals surface area contributed by atoms with Crippen LogP contribution in [0.4, 0.5) is 0 Å². The number of hydrogen-bond donors (Lipinski definition) is 1. The molecule has 6 heteroatoms. The van der Waals surface area contributed by atoms with Crippen molar-refractivity contribution in [3.63, 3.8) is 0 Å². The molecule has 2 N–H and O–H groups in total. The van der Waals surface area contributed by atoms with Gasteiger partial charge in [-0.2, -0.15) is 0 Å². The van der Waals surface area contributed by atoms with Crippen molar-refractivity contribution in [2.45, 2.75) is 0 Å². The SMILES string of the molecule is NCCOc1ccc(Oc2nc3ccc(Cl)cc3s2)cc1. The van der Waals surface area contributed by atoms with E-state index in [0.717, 1.165) is 16.0 Å². The molecule has 0 fully saturated rings. The summed E-state index contributed by atoms with van der Waals surface area (Å²) in [5.74, 6) is 1.48. The molecule has 0 unspecified atom stereocenters. The van der Waals surface area contributed by atoms with E-state index in [4.69, 9.17) is 26.8 Å². The van der Waals surface area contributed by atoms with Gasteiger partial charge in [0.1, 0.15) is 18.1 Å². The highest BCUT2D eigenvalue weighted by Gasteiger charge is 2.06. The molecule has 0 atom stereocenters. The van der Waals surface area contributed by atoms with Crippen LogP contribution in [0.25, 0.3) is 10.2 Å². The number of benzene rings is 2. The van der Waals surface area contributed by atoms with Gasteiger partial charge in [-0.25, -0.2) is 4.98 Å². The Morgan fingerprint density at radius 2 is 1.86 bits per heavy atom. The molecular weight excluding hydrogens is 308 g/mol. The van der Waals surface area contributed by atoms with E-state index in [9.17, 15) is 0 Å². The second-order valence-electron chi connectivity index (χ2n) is 4.30. The third-order valence-electron chi connectivity index (χ3n) is 2.75. The number of aromatic nitrogens is 1. The highest BCUT2D eigenvalue weighted by atomic mass is 35.5. The third kappa shape index (κ3) is 3.44. The van der Waals surface area contributed by atoms with Crippen LogP contribution in [0.3, 0.4) is 0 Å². The molecule has 0 amide bonds. The highest BCUT2D eigenvalue weighted by molar-refractivity contribution is 7.20. The standard InChI is InChI=1S/C15H13ClN2O2S/c16-10-1-6-13-14(9-10)21-15(18-13)20-12-4-2-11(3-5-12)19-8-7-17/h1-6,9H,7-8,17H2. The Labute approximate surface area is 131 Å². The normalized spacial score (nSPS) is 10.8. The summed E-state index contributed by atoms with van der Waals surface area (Å²) in [5, 5.41) is 1.28. The summed E-state index contributed by atoms with van der Waals surface area (Å²) < 4.78 is 12.2. The summed E-state index contributed by atoms with van der Waals surface area (Å²) in [7, 11) is 0. The Bertz CT molecular complexity index is 743. The molecule has 4 nitrogen and oxygen atoms in total. The Morgan fingerprint density at radius 1 is 1.10 bits per heavy atom. The minimum absolute atomic E-state index is 0.493. The molecule has 3 aromatic rings. The lowest BCUT2D eigenvalue weighted by atomic mass is 10.3. The van der Waals surface area contributed by atoms with E-state index in [1.807, 2.05) is 42.5 Å². The largest absolute Gasteiger partial charge is 0.492 e. The second kappa shape index (κ2) is 6.30. The fourth-order valence-electron chi connectivity index (χ4n) is 1.80. The van der Waals surface area contributed by atoms with Crippen LogP contribution in [-0.4, -0.2) is 18.1 Å². The molecule has 0 spiro atoms. The van der Waals surface area contributed by atoms with E-state index in [1.54, 1.807) is 0 Å². The van der Waals surface area contributed by atoms with Gasteiger partial charge in [0.05, 0.1) is 10.2 Å². The van der Waals surface area contributed by atoms with Crippen molar-refractivity contribution >= 4 is 33.2 Å². The van der Waals surface area contributed by atoms with Crippen molar-refractivity contribution in [1.82, 2.24) is 4.98 Å². The Kier molecular flexibility index (Phi) is 4.24.